The second-order valence-electron chi connectivity index (χ2n) is 6.10. The van der Waals surface area contributed by atoms with Crippen molar-refractivity contribution in [1.29, 1.82) is 0 Å². The monoisotopic (exact) mass is 278 g/mol. The van der Waals surface area contributed by atoms with Gasteiger partial charge in [-0.3, -0.25) is 4.79 Å². The van der Waals surface area contributed by atoms with E-state index in [1.807, 2.05) is 20.8 Å². The smallest absolute Gasteiger partial charge is 0.336 e. The quantitative estimate of drug-likeness (QED) is 0.791. The van der Waals surface area contributed by atoms with E-state index < -0.39 is 12.0 Å². The van der Waals surface area contributed by atoms with E-state index in [0.29, 0.717) is 11.3 Å². The number of carboxylic acids is 1. The third-order valence-corrected chi connectivity index (χ3v) is 3.38. The van der Waals surface area contributed by atoms with Crippen LogP contribution in [0.15, 0.2) is 12.1 Å². The minimum absolute atomic E-state index is 0.185. The number of carbonyl (C=O) groups is 2. The number of hydrogen-bond acceptors (Lipinski definition) is 3. The first kappa shape index (κ1) is 16.2. The molecule has 1 aromatic rings. The van der Waals surface area contributed by atoms with E-state index in [-0.39, 0.29) is 16.9 Å². The number of nitrogens with two attached hydrogens (primary N) is 1. The zero-order valence-electron chi connectivity index (χ0n) is 12.6. The first-order valence-corrected chi connectivity index (χ1v) is 6.45. The van der Waals surface area contributed by atoms with Gasteiger partial charge < -0.3 is 16.2 Å². The second-order valence-corrected chi connectivity index (χ2v) is 6.10. The third-order valence-electron chi connectivity index (χ3n) is 3.38. The summed E-state index contributed by atoms with van der Waals surface area (Å²) in [6.07, 6.45) is 0. The molecule has 1 rings (SSSR count). The largest absolute Gasteiger partial charge is 0.478 e. The maximum atomic E-state index is 12.1. The summed E-state index contributed by atoms with van der Waals surface area (Å²) in [6, 6.07) is 2.53. The fourth-order valence-corrected chi connectivity index (χ4v) is 1.77. The zero-order valence-corrected chi connectivity index (χ0v) is 12.6. The maximum absolute atomic E-state index is 12.1. The van der Waals surface area contributed by atoms with Crippen LogP contribution in [0.1, 0.15) is 42.3 Å². The molecule has 0 spiro atoms. The van der Waals surface area contributed by atoms with Gasteiger partial charge in [0.2, 0.25) is 5.91 Å². The summed E-state index contributed by atoms with van der Waals surface area (Å²) >= 11 is 0. The number of aryl methyl sites for hydroxylation is 1. The molecular formula is C15H22N2O3. The molecule has 0 fully saturated rings. The molecule has 0 aliphatic carbocycles. The Hall–Kier alpha value is -1.88. The summed E-state index contributed by atoms with van der Waals surface area (Å²) in [7, 11) is 0. The average Bonchev–Trinajstić information content (AvgIpc) is 2.30. The van der Waals surface area contributed by atoms with Crippen molar-refractivity contribution >= 4 is 17.6 Å². The fraction of sp³-hybridized carbons (Fsp3) is 0.467. The summed E-state index contributed by atoms with van der Waals surface area (Å²) in [4.78, 5) is 23.2. The van der Waals surface area contributed by atoms with Crippen LogP contribution in [0.3, 0.4) is 0 Å². The molecule has 0 aliphatic rings. The van der Waals surface area contributed by atoms with Gasteiger partial charge in [-0.15, -0.1) is 0 Å². The van der Waals surface area contributed by atoms with Crippen molar-refractivity contribution in [3.8, 4) is 0 Å². The Bertz CT molecular complexity index is 545. The summed E-state index contributed by atoms with van der Waals surface area (Å²) in [5.74, 6) is -1.33. The predicted octanol–water partition coefficient (Wildman–Crippen LogP) is 2.31. The molecule has 4 N–H and O–H groups in total. The van der Waals surface area contributed by atoms with Crippen molar-refractivity contribution in [2.45, 2.75) is 40.7 Å². The van der Waals surface area contributed by atoms with Crippen molar-refractivity contribution in [3.05, 3.63) is 28.8 Å². The number of nitrogens with one attached hydrogen (secondary N) is 1. The number of rotatable bonds is 3. The molecule has 1 amide bonds. The summed E-state index contributed by atoms with van der Waals surface area (Å²) in [5, 5.41) is 11.8. The van der Waals surface area contributed by atoms with E-state index >= 15 is 0 Å². The topological polar surface area (TPSA) is 92.4 Å². The Kier molecular flexibility index (Phi) is 4.55. The van der Waals surface area contributed by atoms with Gasteiger partial charge in [0.05, 0.1) is 11.6 Å². The van der Waals surface area contributed by atoms with Crippen molar-refractivity contribution in [2.75, 3.05) is 5.32 Å². The first-order chi connectivity index (χ1) is 9.04. The lowest BCUT2D eigenvalue weighted by molar-refractivity contribution is -0.119. The van der Waals surface area contributed by atoms with E-state index in [2.05, 4.69) is 5.32 Å². The zero-order chi connectivity index (χ0) is 15.7. The Balaban J connectivity index is 3.05. The van der Waals surface area contributed by atoms with Crippen molar-refractivity contribution in [2.24, 2.45) is 11.1 Å². The molecular weight excluding hydrogens is 256 g/mol. The molecule has 0 saturated carbocycles. The SMILES string of the molecule is Cc1cc(NC(=O)[C@@H](N)C(C)(C)C)cc(C(=O)O)c1C. The highest BCUT2D eigenvalue weighted by atomic mass is 16.4. The maximum Gasteiger partial charge on any atom is 0.336 e. The molecule has 1 atom stereocenters. The molecule has 5 nitrogen and oxygen atoms in total. The lowest BCUT2D eigenvalue weighted by Gasteiger charge is -2.26. The minimum Gasteiger partial charge on any atom is -0.478 e. The van der Waals surface area contributed by atoms with Crippen LogP contribution >= 0.6 is 0 Å². The van der Waals surface area contributed by atoms with Crippen LogP contribution in [0.2, 0.25) is 0 Å². The number of carbonyl (C=O) groups excluding carboxylic acids is 1. The highest BCUT2D eigenvalue weighted by molar-refractivity contribution is 5.97. The fourth-order valence-electron chi connectivity index (χ4n) is 1.77. The molecule has 110 valence electrons. The van der Waals surface area contributed by atoms with Gasteiger partial charge in [-0.2, -0.15) is 0 Å². The van der Waals surface area contributed by atoms with E-state index in [1.165, 1.54) is 6.07 Å². The van der Waals surface area contributed by atoms with Crippen molar-refractivity contribution in [1.82, 2.24) is 0 Å². The normalized spacial score (nSPS) is 12.9. The highest BCUT2D eigenvalue weighted by Gasteiger charge is 2.27. The molecule has 0 unspecified atom stereocenters. The lowest BCUT2D eigenvalue weighted by Crippen LogP contribution is -2.45. The molecule has 1 aromatic carbocycles. The number of anilines is 1. The molecule has 0 heterocycles. The van der Waals surface area contributed by atoms with Gasteiger partial charge in [0.15, 0.2) is 0 Å². The highest BCUT2D eigenvalue weighted by Crippen LogP contribution is 2.22. The van der Waals surface area contributed by atoms with E-state index in [4.69, 9.17) is 10.8 Å². The molecule has 0 aliphatic heterocycles. The van der Waals surface area contributed by atoms with Gasteiger partial charge in [-0.25, -0.2) is 4.79 Å². The van der Waals surface area contributed by atoms with Crippen LogP contribution in [0, 0.1) is 19.3 Å². The van der Waals surface area contributed by atoms with Crippen molar-refractivity contribution in [3.63, 3.8) is 0 Å². The van der Waals surface area contributed by atoms with Crippen LogP contribution in [0.25, 0.3) is 0 Å². The molecule has 0 saturated heterocycles. The van der Waals surface area contributed by atoms with Gasteiger partial charge in [-0.1, -0.05) is 20.8 Å². The molecule has 0 bridgehead atoms. The number of amides is 1. The Morgan fingerprint density at radius 3 is 2.25 bits per heavy atom. The molecule has 0 radical (unpaired) electrons. The van der Waals surface area contributed by atoms with Crippen LogP contribution in [-0.4, -0.2) is 23.0 Å². The number of benzene rings is 1. The van der Waals surface area contributed by atoms with Crippen LogP contribution < -0.4 is 11.1 Å². The number of aromatic carboxylic acids is 1. The van der Waals surface area contributed by atoms with Gasteiger partial charge >= 0.3 is 5.97 Å². The summed E-state index contributed by atoms with van der Waals surface area (Å²) in [6.45, 7) is 9.17. The van der Waals surface area contributed by atoms with Gasteiger partial charge in [0.1, 0.15) is 0 Å². The van der Waals surface area contributed by atoms with E-state index in [9.17, 15) is 9.59 Å². The minimum atomic E-state index is -1.01. The van der Waals surface area contributed by atoms with Crippen LogP contribution in [0.5, 0.6) is 0 Å². The summed E-state index contributed by atoms with van der Waals surface area (Å²) in [5.41, 5.74) is 7.66. The first-order valence-electron chi connectivity index (χ1n) is 6.45. The van der Waals surface area contributed by atoms with E-state index in [1.54, 1.807) is 19.9 Å². The second kappa shape index (κ2) is 5.63. The van der Waals surface area contributed by atoms with Gasteiger partial charge in [0, 0.05) is 5.69 Å². The Morgan fingerprint density at radius 2 is 1.80 bits per heavy atom. The average molecular weight is 278 g/mol. The van der Waals surface area contributed by atoms with Crippen molar-refractivity contribution < 1.29 is 14.7 Å². The summed E-state index contributed by atoms with van der Waals surface area (Å²) < 4.78 is 0. The molecule has 5 heteroatoms. The van der Waals surface area contributed by atoms with Gasteiger partial charge in [0.25, 0.3) is 0 Å². The molecule has 0 aromatic heterocycles. The van der Waals surface area contributed by atoms with Crippen LogP contribution in [0.4, 0.5) is 5.69 Å². The predicted molar refractivity (Wildman–Crippen MR) is 78.9 cm³/mol. The Morgan fingerprint density at radius 1 is 1.25 bits per heavy atom. The number of hydrogen-bond donors (Lipinski definition) is 3. The third kappa shape index (κ3) is 3.57. The standard InChI is InChI=1S/C15H22N2O3/c1-8-6-10(7-11(9(8)2)14(19)20)17-13(18)12(16)15(3,4)5/h6-7,12H,16H2,1-5H3,(H,17,18)(H,19,20)/t12-/m1/s1. The van der Waals surface area contributed by atoms with Crippen LogP contribution in [-0.2, 0) is 4.79 Å². The number of carboxylic acid groups (broad SMARTS) is 1. The Labute approximate surface area is 119 Å². The van der Waals surface area contributed by atoms with E-state index in [0.717, 1.165) is 5.56 Å². The lowest BCUT2D eigenvalue weighted by atomic mass is 9.87. The molecule has 20 heavy (non-hydrogen) atoms. The van der Waals surface area contributed by atoms with Gasteiger partial charge in [-0.05, 0) is 42.5 Å².